The van der Waals surface area contributed by atoms with Crippen LogP contribution >= 0.6 is 11.3 Å². The fourth-order valence-corrected chi connectivity index (χ4v) is 3.94. The summed E-state index contributed by atoms with van der Waals surface area (Å²) >= 11 is 1.50. The summed E-state index contributed by atoms with van der Waals surface area (Å²) in [5.74, 6) is 0.00442. The molecule has 0 radical (unpaired) electrons. The Morgan fingerprint density at radius 1 is 1.17 bits per heavy atom. The molecule has 3 rings (SSSR count). The zero-order valence-electron chi connectivity index (χ0n) is 17.2. The first-order valence-electron chi connectivity index (χ1n) is 10.3. The molecule has 160 valence electrons. The molecule has 2 amide bonds. The largest absolute Gasteiger partial charge is 0.497 e. The van der Waals surface area contributed by atoms with Crippen molar-refractivity contribution >= 4 is 29.2 Å². The van der Waals surface area contributed by atoms with Gasteiger partial charge in [-0.05, 0) is 61.1 Å². The van der Waals surface area contributed by atoms with Crippen molar-refractivity contribution in [2.75, 3.05) is 20.3 Å². The molecule has 1 heterocycles. The lowest BCUT2D eigenvalue weighted by Crippen LogP contribution is -2.35. The summed E-state index contributed by atoms with van der Waals surface area (Å²) in [6.45, 7) is 1.12. The van der Waals surface area contributed by atoms with Crippen LogP contribution in [0.5, 0.6) is 5.75 Å². The highest BCUT2D eigenvalue weighted by Gasteiger charge is 2.16. The van der Waals surface area contributed by atoms with Crippen molar-refractivity contribution < 1.29 is 19.1 Å². The number of benzene rings is 1. The van der Waals surface area contributed by atoms with E-state index in [4.69, 9.17) is 9.47 Å². The van der Waals surface area contributed by atoms with E-state index in [0.717, 1.165) is 24.1 Å². The van der Waals surface area contributed by atoms with Crippen molar-refractivity contribution in [1.82, 2.24) is 10.6 Å². The van der Waals surface area contributed by atoms with Crippen molar-refractivity contribution in [3.8, 4) is 5.75 Å². The number of carbonyl (C=O) groups excluding carboxylic acids is 2. The quantitative estimate of drug-likeness (QED) is 0.443. The predicted molar refractivity (Wildman–Crippen MR) is 119 cm³/mol. The first-order valence-corrected chi connectivity index (χ1v) is 11.1. The Bertz CT molecular complexity index is 841. The third-order valence-corrected chi connectivity index (χ3v) is 5.76. The second-order valence-corrected chi connectivity index (χ2v) is 8.12. The minimum absolute atomic E-state index is 0.218. The number of rotatable bonds is 10. The van der Waals surface area contributed by atoms with Gasteiger partial charge in [0, 0.05) is 23.6 Å². The van der Waals surface area contributed by atoms with Gasteiger partial charge in [0.2, 0.25) is 0 Å². The molecule has 2 N–H and O–H groups in total. The summed E-state index contributed by atoms with van der Waals surface area (Å²) in [7, 11) is 1.57. The molecule has 1 aromatic heterocycles. The number of carbonyl (C=O) groups is 2. The molecule has 0 unspecified atom stereocenters. The summed E-state index contributed by atoms with van der Waals surface area (Å²) in [4.78, 5) is 26.2. The van der Waals surface area contributed by atoms with E-state index in [1.54, 1.807) is 37.5 Å². The van der Waals surface area contributed by atoms with Crippen LogP contribution in [0.2, 0.25) is 0 Å². The van der Waals surface area contributed by atoms with E-state index in [9.17, 15) is 9.59 Å². The zero-order valence-corrected chi connectivity index (χ0v) is 18.0. The minimum Gasteiger partial charge on any atom is -0.497 e. The van der Waals surface area contributed by atoms with E-state index < -0.39 is 0 Å². The number of amides is 2. The van der Waals surface area contributed by atoms with Crippen LogP contribution in [0.25, 0.3) is 6.08 Å². The highest BCUT2D eigenvalue weighted by molar-refractivity contribution is 7.10. The zero-order chi connectivity index (χ0) is 21.2. The van der Waals surface area contributed by atoms with Gasteiger partial charge < -0.3 is 20.1 Å². The van der Waals surface area contributed by atoms with E-state index >= 15 is 0 Å². The van der Waals surface area contributed by atoms with Crippen LogP contribution in [0.15, 0.2) is 47.5 Å². The third kappa shape index (κ3) is 6.71. The minimum atomic E-state index is -0.347. The summed E-state index contributed by atoms with van der Waals surface area (Å²) in [5, 5.41) is 7.54. The van der Waals surface area contributed by atoms with Crippen LogP contribution in [0, 0.1) is 0 Å². The molecule has 1 aliphatic rings. The van der Waals surface area contributed by atoms with E-state index in [0.29, 0.717) is 30.6 Å². The number of hydrogen-bond donors (Lipinski definition) is 2. The van der Waals surface area contributed by atoms with E-state index in [1.165, 1.54) is 24.2 Å². The molecular weight excluding hydrogens is 400 g/mol. The lowest BCUT2D eigenvalue weighted by molar-refractivity contribution is -0.117. The van der Waals surface area contributed by atoms with Crippen molar-refractivity contribution in [2.24, 2.45) is 0 Å². The molecule has 1 fully saturated rings. The Morgan fingerprint density at radius 2 is 1.93 bits per heavy atom. The van der Waals surface area contributed by atoms with Crippen molar-refractivity contribution in [1.29, 1.82) is 0 Å². The molecule has 0 atom stereocenters. The van der Waals surface area contributed by atoms with Gasteiger partial charge in [0.25, 0.3) is 11.8 Å². The SMILES string of the molecule is COc1ccc(C(=O)N/C(=C\c2cccs2)C(=O)NCCCOC2CCCC2)cc1. The predicted octanol–water partition coefficient (Wildman–Crippen LogP) is 3.99. The van der Waals surface area contributed by atoms with Crippen LogP contribution in [0.1, 0.15) is 47.3 Å². The van der Waals surface area contributed by atoms with Crippen LogP contribution in [0.4, 0.5) is 0 Å². The van der Waals surface area contributed by atoms with Gasteiger partial charge in [-0.15, -0.1) is 11.3 Å². The molecule has 1 aliphatic carbocycles. The van der Waals surface area contributed by atoms with Crippen molar-refractivity contribution in [3.63, 3.8) is 0 Å². The van der Waals surface area contributed by atoms with Crippen LogP contribution in [-0.4, -0.2) is 38.2 Å². The standard InChI is InChI=1S/C23H28N2O4S/c1-28-18-11-9-17(10-12-18)22(26)25-21(16-20-8-4-15-30-20)23(27)24-13-5-14-29-19-6-2-3-7-19/h4,8-12,15-16,19H,2-3,5-7,13-14H2,1H3,(H,24,27)(H,25,26)/b21-16-. The maximum Gasteiger partial charge on any atom is 0.267 e. The fourth-order valence-electron chi connectivity index (χ4n) is 3.29. The van der Waals surface area contributed by atoms with E-state index in [-0.39, 0.29) is 17.5 Å². The molecular formula is C23H28N2O4S. The average Bonchev–Trinajstić information content (AvgIpc) is 3.47. The monoisotopic (exact) mass is 428 g/mol. The van der Waals surface area contributed by atoms with E-state index in [1.807, 2.05) is 17.5 Å². The molecule has 0 saturated heterocycles. The third-order valence-electron chi connectivity index (χ3n) is 4.94. The van der Waals surface area contributed by atoms with Crippen LogP contribution in [-0.2, 0) is 9.53 Å². The Morgan fingerprint density at radius 3 is 2.60 bits per heavy atom. The van der Waals surface area contributed by atoms with Gasteiger partial charge in [-0.1, -0.05) is 18.9 Å². The molecule has 0 bridgehead atoms. The maximum atomic E-state index is 12.7. The summed E-state index contributed by atoms with van der Waals surface area (Å²) < 4.78 is 10.9. The Balaban J connectivity index is 1.56. The first kappa shape index (κ1) is 22.1. The lowest BCUT2D eigenvalue weighted by Gasteiger charge is -2.13. The Kier molecular flexibility index (Phi) is 8.47. The fraction of sp³-hybridized carbons (Fsp3) is 0.391. The van der Waals surface area contributed by atoms with Gasteiger partial charge in [-0.2, -0.15) is 0 Å². The molecule has 1 aromatic carbocycles. The molecule has 1 saturated carbocycles. The maximum absolute atomic E-state index is 12.7. The second-order valence-electron chi connectivity index (χ2n) is 7.14. The average molecular weight is 429 g/mol. The molecule has 0 aliphatic heterocycles. The van der Waals surface area contributed by atoms with Crippen molar-refractivity contribution in [3.05, 3.63) is 57.9 Å². The van der Waals surface area contributed by atoms with Gasteiger partial charge >= 0.3 is 0 Å². The molecule has 0 spiro atoms. The smallest absolute Gasteiger partial charge is 0.267 e. The highest BCUT2D eigenvalue weighted by Crippen LogP contribution is 2.20. The van der Waals surface area contributed by atoms with Gasteiger partial charge in [-0.3, -0.25) is 9.59 Å². The van der Waals surface area contributed by atoms with Crippen molar-refractivity contribution in [2.45, 2.75) is 38.2 Å². The number of thiophene rings is 1. The van der Waals surface area contributed by atoms with Gasteiger partial charge in [0.1, 0.15) is 11.4 Å². The summed E-state index contributed by atoms with van der Waals surface area (Å²) in [5.41, 5.74) is 0.667. The number of hydrogen-bond acceptors (Lipinski definition) is 5. The number of methoxy groups -OCH3 is 1. The number of ether oxygens (including phenoxy) is 2. The van der Waals surface area contributed by atoms with Crippen LogP contribution < -0.4 is 15.4 Å². The second kappa shape index (κ2) is 11.5. The molecule has 6 nitrogen and oxygen atoms in total. The lowest BCUT2D eigenvalue weighted by atomic mass is 10.2. The highest BCUT2D eigenvalue weighted by atomic mass is 32.1. The normalized spacial score (nSPS) is 14.5. The molecule has 7 heteroatoms. The van der Waals surface area contributed by atoms with Gasteiger partial charge in [-0.25, -0.2) is 0 Å². The van der Waals surface area contributed by atoms with Crippen LogP contribution in [0.3, 0.4) is 0 Å². The summed E-state index contributed by atoms with van der Waals surface area (Å²) in [6, 6.07) is 10.5. The Labute approximate surface area is 181 Å². The van der Waals surface area contributed by atoms with E-state index in [2.05, 4.69) is 10.6 Å². The molecule has 2 aromatic rings. The van der Waals surface area contributed by atoms with Gasteiger partial charge in [0.05, 0.1) is 13.2 Å². The number of nitrogens with one attached hydrogen (secondary N) is 2. The van der Waals surface area contributed by atoms with Gasteiger partial charge in [0.15, 0.2) is 0 Å². The molecule has 30 heavy (non-hydrogen) atoms. The topological polar surface area (TPSA) is 76.7 Å². The first-order chi connectivity index (χ1) is 14.7. The Hall–Kier alpha value is -2.64. The summed E-state index contributed by atoms with van der Waals surface area (Å²) in [6.07, 6.45) is 7.56.